The third-order valence-corrected chi connectivity index (χ3v) is 2.40. The van der Waals surface area contributed by atoms with E-state index in [-0.39, 0.29) is 5.03 Å². The molecule has 0 aliphatic heterocycles. The molecule has 0 amide bonds. The van der Waals surface area contributed by atoms with Gasteiger partial charge >= 0.3 is 5.97 Å². The summed E-state index contributed by atoms with van der Waals surface area (Å²) in [5.74, 6) is 0.119. The molecule has 0 N–H and O–H groups in total. The summed E-state index contributed by atoms with van der Waals surface area (Å²) in [7, 11) is 4.63. The molecular formula is C12H14ClNO3. The van der Waals surface area contributed by atoms with Gasteiger partial charge in [-0.1, -0.05) is 23.7 Å². The molecule has 0 saturated heterocycles. The Hall–Kier alpha value is -1.68. The average molecular weight is 256 g/mol. The van der Waals surface area contributed by atoms with Crippen molar-refractivity contribution in [1.82, 2.24) is 0 Å². The fourth-order valence-electron chi connectivity index (χ4n) is 1.31. The fraction of sp³-hybridized carbons (Fsp3) is 0.250. The van der Waals surface area contributed by atoms with Gasteiger partial charge in [0.1, 0.15) is 10.8 Å². The number of hydrogen-bond donors (Lipinski definition) is 0. The third kappa shape index (κ3) is 3.39. The molecule has 0 spiro atoms. The second kappa shape index (κ2) is 6.15. The van der Waals surface area contributed by atoms with Crippen LogP contribution < -0.4 is 9.64 Å². The molecule has 1 aromatic carbocycles. The Kier molecular flexibility index (Phi) is 4.84. The van der Waals surface area contributed by atoms with E-state index < -0.39 is 5.97 Å². The van der Waals surface area contributed by atoms with Crippen LogP contribution in [0, 0.1) is 0 Å². The summed E-state index contributed by atoms with van der Waals surface area (Å²) in [6, 6.07) is 7.42. The van der Waals surface area contributed by atoms with Crippen molar-refractivity contribution < 1.29 is 14.3 Å². The Morgan fingerprint density at radius 3 is 2.59 bits per heavy atom. The minimum atomic E-state index is -0.576. The quantitative estimate of drug-likeness (QED) is 0.612. The van der Waals surface area contributed by atoms with E-state index >= 15 is 0 Å². The monoisotopic (exact) mass is 255 g/mol. The minimum absolute atomic E-state index is 0.000839. The second-order valence-corrected chi connectivity index (χ2v) is 3.66. The summed E-state index contributed by atoms with van der Waals surface area (Å²) >= 11 is 5.78. The molecule has 0 radical (unpaired) electrons. The first kappa shape index (κ1) is 13.4. The second-order valence-electron chi connectivity index (χ2n) is 3.25. The zero-order chi connectivity index (χ0) is 12.8. The lowest BCUT2D eigenvalue weighted by molar-refractivity contribution is -0.135. The minimum Gasteiger partial charge on any atom is -0.495 e. The number of esters is 1. The highest BCUT2D eigenvalue weighted by Gasteiger charge is 2.10. The number of carbonyl (C=O) groups is 1. The third-order valence-electron chi connectivity index (χ3n) is 2.15. The van der Waals surface area contributed by atoms with Crippen LogP contribution in [0.15, 0.2) is 35.5 Å². The molecule has 0 fully saturated rings. The maximum Gasteiger partial charge on any atom is 0.350 e. The average Bonchev–Trinajstić information content (AvgIpc) is 2.37. The Morgan fingerprint density at radius 2 is 2.00 bits per heavy atom. The highest BCUT2D eigenvalue weighted by atomic mass is 35.5. The van der Waals surface area contributed by atoms with Gasteiger partial charge in [0.2, 0.25) is 0 Å². The zero-order valence-corrected chi connectivity index (χ0v) is 10.7. The van der Waals surface area contributed by atoms with Gasteiger partial charge in [0.25, 0.3) is 0 Å². The number of anilines is 1. The Balaban J connectivity index is 2.97. The van der Waals surface area contributed by atoms with E-state index in [1.165, 1.54) is 13.3 Å². The predicted molar refractivity (Wildman–Crippen MR) is 67.3 cm³/mol. The van der Waals surface area contributed by atoms with Crippen LogP contribution in [0.4, 0.5) is 5.69 Å². The zero-order valence-electron chi connectivity index (χ0n) is 9.94. The van der Waals surface area contributed by atoms with Gasteiger partial charge in [-0.15, -0.1) is 0 Å². The molecule has 0 heterocycles. The van der Waals surface area contributed by atoms with Crippen molar-refractivity contribution >= 4 is 23.3 Å². The fourth-order valence-corrected chi connectivity index (χ4v) is 1.53. The van der Waals surface area contributed by atoms with Crippen LogP contribution in [-0.2, 0) is 9.53 Å². The smallest absolute Gasteiger partial charge is 0.350 e. The number of rotatable bonds is 4. The van der Waals surface area contributed by atoms with Gasteiger partial charge in [0, 0.05) is 13.2 Å². The molecule has 5 heteroatoms. The van der Waals surface area contributed by atoms with Crippen LogP contribution in [0.25, 0.3) is 0 Å². The standard InChI is InChI=1S/C12H14ClNO3/c1-14(8-9(13)12(15)17-3)10-6-4-5-7-11(10)16-2/h4-8H,1-3H3/b9-8-. The van der Waals surface area contributed by atoms with Crippen LogP contribution in [0.2, 0.25) is 0 Å². The number of benzene rings is 1. The van der Waals surface area contributed by atoms with Gasteiger partial charge in [-0.05, 0) is 12.1 Å². The van der Waals surface area contributed by atoms with Crippen molar-refractivity contribution in [1.29, 1.82) is 0 Å². The SMILES string of the molecule is COC(=O)/C(Cl)=C/N(C)c1ccccc1OC. The van der Waals surface area contributed by atoms with Crippen LogP contribution in [-0.4, -0.2) is 27.2 Å². The number of halogens is 1. The summed E-state index contributed by atoms with van der Waals surface area (Å²) in [5, 5.41) is 0.000839. The summed E-state index contributed by atoms with van der Waals surface area (Å²) in [5.41, 5.74) is 0.803. The maximum absolute atomic E-state index is 11.2. The van der Waals surface area contributed by atoms with Crippen LogP contribution in [0.3, 0.4) is 0 Å². The van der Waals surface area contributed by atoms with E-state index in [0.29, 0.717) is 5.75 Å². The normalized spacial score (nSPS) is 10.9. The molecule has 1 rings (SSSR count). The molecule has 0 saturated carbocycles. The lowest BCUT2D eigenvalue weighted by Gasteiger charge is -2.17. The molecule has 17 heavy (non-hydrogen) atoms. The van der Waals surface area contributed by atoms with Gasteiger partial charge < -0.3 is 14.4 Å². The van der Waals surface area contributed by atoms with E-state index in [1.54, 1.807) is 19.1 Å². The van der Waals surface area contributed by atoms with Crippen molar-refractivity contribution in [2.24, 2.45) is 0 Å². The van der Waals surface area contributed by atoms with Crippen molar-refractivity contribution in [2.75, 3.05) is 26.2 Å². The highest BCUT2D eigenvalue weighted by Crippen LogP contribution is 2.27. The highest BCUT2D eigenvalue weighted by molar-refractivity contribution is 6.41. The lowest BCUT2D eigenvalue weighted by atomic mass is 10.3. The Bertz CT molecular complexity index is 432. The van der Waals surface area contributed by atoms with E-state index in [9.17, 15) is 4.79 Å². The molecule has 0 unspecified atom stereocenters. The topological polar surface area (TPSA) is 38.8 Å². The summed E-state index contributed by atoms with van der Waals surface area (Å²) < 4.78 is 9.71. The van der Waals surface area contributed by atoms with Crippen LogP contribution in [0.1, 0.15) is 0 Å². The maximum atomic E-state index is 11.2. The van der Waals surface area contributed by atoms with E-state index in [0.717, 1.165) is 5.69 Å². The number of carbonyl (C=O) groups excluding carboxylic acids is 1. The molecule has 0 aliphatic carbocycles. The molecule has 0 atom stereocenters. The van der Waals surface area contributed by atoms with Gasteiger partial charge in [0.15, 0.2) is 0 Å². The molecule has 4 nitrogen and oxygen atoms in total. The van der Waals surface area contributed by atoms with Crippen molar-refractivity contribution in [3.8, 4) is 5.75 Å². The van der Waals surface area contributed by atoms with Gasteiger partial charge in [-0.25, -0.2) is 4.79 Å². The van der Waals surface area contributed by atoms with E-state index in [4.69, 9.17) is 16.3 Å². The van der Waals surface area contributed by atoms with E-state index in [2.05, 4.69) is 4.74 Å². The first-order valence-corrected chi connectivity index (χ1v) is 5.29. The Morgan fingerprint density at radius 1 is 1.35 bits per heavy atom. The molecule has 0 aromatic heterocycles. The van der Waals surface area contributed by atoms with Crippen molar-refractivity contribution in [3.63, 3.8) is 0 Å². The Labute approximate surface area is 105 Å². The largest absolute Gasteiger partial charge is 0.495 e. The van der Waals surface area contributed by atoms with Gasteiger partial charge in [0.05, 0.1) is 19.9 Å². The molecule has 1 aromatic rings. The van der Waals surface area contributed by atoms with E-state index in [1.807, 2.05) is 24.3 Å². The number of para-hydroxylation sites is 2. The number of methoxy groups -OCH3 is 2. The number of ether oxygens (including phenoxy) is 2. The summed E-state index contributed by atoms with van der Waals surface area (Å²) in [4.78, 5) is 12.8. The van der Waals surface area contributed by atoms with Gasteiger partial charge in [-0.2, -0.15) is 0 Å². The lowest BCUT2D eigenvalue weighted by Crippen LogP contribution is -2.12. The molecule has 0 bridgehead atoms. The van der Waals surface area contributed by atoms with Gasteiger partial charge in [-0.3, -0.25) is 0 Å². The summed E-state index contributed by atoms with van der Waals surface area (Å²) in [6.07, 6.45) is 1.48. The van der Waals surface area contributed by atoms with Crippen LogP contribution in [0.5, 0.6) is 5.75 Å². The van der Waals surface area contributed by atoms with Crippen molar-refractivity contribution in [2.45, 2.75) is 0 Å². The first-order valence-electron chi connectivity index (χ1n) is 4.91. The molecule has 0 aliphatic rings. The van der Waals surface area contributed by atoms with Crippen LogP contribution >= 0.6 is 11.6 Å². The summed E-state index contributed by atoms with van der Waals surface area (Å²) in [6.45, 7) is 0. The molecule has 92 valence electrons. The number of hydrogen-bond acceptors (Lipinski definition) is 4. The van der Waals surface area contributed by atoms with Crippen molar-refractivity contribution in [3.05, 3.63) is 35.5 Å². The number of nitrogens with zero attached hydrogens (tertiary/aromatic N) is 1. The first-order chi connectivity index (χ1) is 8.10. The molecular weight excluding hydrogens is 242 g/mol. The predicted octanol–water partition coefficient (Wildman–Crippen LogP) is 2.38.